The second kappa shape index (κ2) is 4.77. The van der Waals surface area contributed by atoms with Gasteiger partial charge in [0.2, 0.25) is 0 Å². The summed E-state index contributed by atoms with van der Waals surface area (Å²) in [6.45, 7) is 4.55. The Bertz CT molecular complexity index is 618. The number of H-pyrrole nitrogens is 1. The molecule has 0 bridgehead atoms. The quantitative estimate of drug-likeness (QED) is 0.882. The van der Waals surface area contributed by atoms with Crippen molar-refractivity contribution < 1.29 is 0 Å². The summed E-state index contributed by atoms with van der Waals surface area (Å²) in [5, 5.41) is 3.75. The molecule has 2 aliphatic rings. The molecule has 1 aromatic heterocycles. The molecule has 4 rings (SSSR count). The van der Waals surface area contributed by atoms with Gasteiger partial charge < -0.3 is 10.3 Å². The number of piperidine rings is 1. The molecule has 0 spiro atoms. The molecule has 1 aromatic carbocycles. The summed E-state index contributed by atoms with van der Waals surface area (Å²) >= 11 is 0. The number of aromatic nitrogens is 2. The van der Waals surface area contributed by atoms with Gasteiger partial charge in [-0.15, -0.1) is 0 Å². The predicted octanol–water partition coefficient (Wildman–Crippen LogP) is 2.91. The van der Waals surface area contributed by atoms with Gasteiger partial charge in [0.1, 0.15) is 5.82 Å². The highest BCUT2D eigenvalue weighted by atomic mass is 15.2. The molecule has 3 heterocycles. The highest BCUT2D eigenvalue weighted by Gasteiger charge is 2.35. The molecular formula is C16H22N4. The van der Waals surface area contributed by atoms with Crippen molar-refractivity contribution in [2.45, 2.75) is 44.7 Å². The second-order valence-electron chi connectivity index (χ2n) is 6.19. The highest BCUT2D eigenvalue weighted by Crippen LogP contribution is 2.29. The van der Waals surface area contributed by atoms with Gasteiger partial charge in [0.05, 0.1) is 11.0 Å². The average molecular weight is 270 g/mol. The lowest BCUT2D eigenvalue weighted by molar-refractivity contribution is 0.193. The van der Waals surface area contributed by atoms with Gasteiger partial charge in [-0.3, -0.25) is 4.90 Å². The molecule has 0 aliphatic carbocycles. The number of aromatic amines is 1. The summed E-state index contributed by atoms with van der Waals surface area (Å²) in [6.07, 6.45) is 5.38. The Labute approximate surface area is 119 Å². The number of imidazole rings is 1. The van der Waals surface area contributed by atoms with E-state index in [1.54, 1.807) is 0 Å². The highest BCUT2D eigenvalue weighted by molar-refractivity contribution is 5.79. The van der Waals surface area contributed by atoms with Crippen molar-refractivity contribution >= 4 is 16.7 Å². The average Bonchev–Trinajstić information content (AvgIpc) is 3.02. The van der Waals surface area contributed by atoms with E-state index >= 15 is 0 Å². The monoisotopic (exact) mass is 270 g/mol. The van der Waals surface area contributed by atoms with Crippen molar-refractivity contribution in [3.63, 3.8) is 0 Å². The Kier molecular flexibility index (Phi) is 2.91. The molecule has 2 saturated heterocycles. The van der Waals surface area contributed by atoms with Crippen LogP contribution >= 0.6 is 0 Å². The third kappa shape index (κ3) is 2.08. The van der Waals surface area contributed by atoms with Crippen LogP contribution in [0.2, 0.25) is 0 Å². The summed E-state index contributed by atoms with van der Waals surface area (Å²) in [6, 6.07) is 7.81. The number of anilines is 1. The van der Waals surface area contributed by atoms with Crippen molar-refractivity contribution in [3.8, 4) is 0 Å². The third-order valence-electron chi connectivity index (χ3n) is 4.81. The molecule has 106 valence electrons. The summed E-state index contributed by atoms with van der Waals surface area (Å²) in [7, 11) is 0. The molecular weight excluding hydrogens is 248 g/mol. The molecule has 0 radical (unpaired) electrons. The smallest absolute Gasteiger partial charge is 0.104 e. The van der Waals surface area contributed by atoms with Gasteiger partial charge in [-0.05, 0) is 50.9 Å². The summed E-state index contributed by atoms with van der Waals surface area (Å²) < 4.78 is 0. The van der Waals surface area contributed by atoms with E-state index in [-0.39, 0.29) is 0 Å². The first-order chi connectivity index (χ1) is 9.79. The number of rotatable bonds is 2. The topological polar surface area (TPSA) is 44.0 Å². The van der Waals surface area contributed by atoms with E-state index in [1.165, 1.54) is 44.5 Å². The molecule has 2 N–H and O–H groups in total. The Morgan fingerprint density at radius 3 is 3.15 bits per heavy atom. The predicted molar refractivity (Wildman–Crippen MR) is 82.1 cm³/mol. The SMILES string of the molecule is Cc1nc2ccc(NC3CCN4CCCCC34)cc2[nH]1. The van der Waals surface area contributed by atoms with Crippen LogP contribution in [0, 0.1) is 6.92 Å². The van der Waals surface area contributed by atoms with Gasteiger partial charge >= 0.3 is 0 Å². The van der Waals surface area contributed by atoms with Crippen LogP contribution in [0.3, 0.4) is 0 Å². The van der Waals surface area contributed by atoms with Crippen LogP contribution in [0.1, 0.15) is 31.5 Å². The minimum atomic E-state index is 0.608. The Morgan fingerprint density at radius 2 is 2.20 bits per heavy atom. The molecule has 0 saturated carbocycles. The molecule has 0 amide bonds. The summed E-state index contributed by atoms with van der Waals surface area (Å²) in [5.41, 5.74) is 3.41. The van der Waals surface area contributed by atoms with Crippen LogP contribution in [-0.4, -0.2) is 40.0 Å². The number of nitrogens with zero attached hydrogens (tertiary/aromatic N) is 2. The standard InChI is InChI=1S/C16H22N4/c1-11-17-13-6-5-12(10-15(13)18-11)19-14-7-9-20-8-3-2-4-16(14)20/h5-6,10,14,16,19H,2-4,7-9H2,1H3,(H,17,18). The van der Waals surface area contributed by atoms with E-state index in [4.69, 9.17) is 0 Å². The van der Waals surface area contributed by atoms with Gasteiger partial charge in [-0.1, -0.05) is 6.42 Å². The van der Waals surface area contributed by atoms with Crippen molar-refractivity contribution in [1.82, 2.24) is 14.9 Å². The van der Waals surface area contributed by atoms with Crippen LogP contribution in [0.5, 0.6) is 0 Å². The van der Waals surface area contributed by atoms with E-state index in [9.17, 15) is 0 Å². The van der Waals surface area contributed by atoms with Crippen molar-refractivity contribution in [1.29, 1.82) is 0 Å². The Balaban J connectivity index is 1.54. The number of hydrogen-bond acceptors (Lipinski definition) is 3. The van der Waals surface area contributed by atoms with Gasteiger partial charge in [-0.2, -0.15) is 0 Å². The van der Waals surface area contributed by atoms with Crippen molar-refractivity contribution in [2.24, 2.45) is 0 Å². The number of nitrogens with one attached hydrogen (secondary N) is 2. The summed E-state index contributed by atoms with van der Waals surface area (Å²) in [4.78, 5) is 10.4. The Hall–Kier alpha value is -1.55. The van der Waals surface area contributed by atoms with Gasteiger partial charge in [0.15, 0.2) is 0 Å². The fraction of sp³-hybridized carbons (Fsp3) is 0.562. The summed E-state index contributed by atoms with van der Waals surface area (Å²) in [5.74, 6) is 0.983. The molecule has 2 atom stereocenters. The minimum absolute atomic E-state index is 0.608. The zero-order valence-corrected chi connectivity index (χ0v) is 12.0. The maximum Gasteiger partial charge on any atom is 0.104 e. The molecule has 2 fully saturated rings. The van der Waals surface area contributed by atoms with E-state index in [0.29, 0.717) is 6.04 Å². The van der Waals surface area contributed by atoms with Crippen molar-refractivity contribution in [2.75, 3.05) is 18.4 Å². The zero-order valence-electron chi connectivity index (χ0n) is 12.0. The second-order valence-corrected chi connectivity index (χ2v) is 6.19. The van der Waals surface area contributed by atoms with E-state index in [0.717, 1.165) is 22.9 Å². The lowest BCUT2D eigenvalue weighted by atomic mass is 9.99. The van der Waals surface area contributed by atoms with Crippen LogP contribution in [0.4, 0.5) is 5.69 Å². The first-order valence-corrected chi connectivity index (χ1v) is 7.76. The number of benzene rings is 1. The molecule has 2 unspecified atom stereocenters. The normalized spacial score (nSPS) is 26.9. The molecule has 2 aliphatic heterocycles. The lowest BCUT2D eigenvalue weighted by Gasteiger charge is -2.32. The zero-order chi connectivity index (χ0) is 13.5. The first kappa shape index (κ1) is 12.2. The lowest BCUT2D eigenvalue weighted by Crippen LogP contribution is -2.41. The number of hydrogen-bond donors (Lipinski definition) is 2. The Morgan fingerprint density at radius 1 is 1.25 bits per heavy atom. The van der Waals surface area contributed by atoms with Crippen LogP contribution in [0.15, 0.2) is 18.2 Å². The van der Waals surface area contributed by atoms with Crippen molar-refractivity contribution in [3.05, 3.63) is 24.0 Å². The van der Waals surface area contributed by atoms with Gasteiger partial charge in [0.25, 0.3) is 0 Å². The number of fused-ring (bicyclic) bond motifs is 2. The van der Waals surface area contributed by atoms with Crippen LogP contribution < -0.4 is 5.32 Å². The van der Waals surface area contributed by atoms with Gasteiger partial charge in [-0.25, -0.2) is 4.98 Å². The molecule has 4 nitrogen and oxygen atoms in total. The minimum Gasteiger partial charge on any atom is -0.381 e. The van der Waals surface area contributed by atoms with E-state index in [2.05, 4.69) is 38.4 Å². The van der Waals surface area contributed by atoms with Crippen LogP contribution in [0.25, 0.3) is 11.0 Å². The largest absolute Gasteiger partial charge is 0.381 e. The molecule has 4 heteroatoms. The van der Waals surface area contributed by atoms with Crippen LogP contribution in [-0.2, 0) is 0 Å². The maximum atomic E-state index is 4.46. The molecule has 2 aromatic rings. The fourth-order valence-corrected chi connectivity index (χ4v) is 3.86. The third-order valence-corrected chi connectivity index (χ3v) is 4.81. The van der Waals surface area contributed by atoms with E-state index in [1.807, 2.05) is 6.92 Å². The fourth-order valence-electron chi connectivity index (χ4n) is 3.86. The van der Waals surface area contributed by atoms with Gasteiger partial charge in [0, 0.05) is 24.3 Å². The van der Waals surface area contributed by atoms with E-state index < -0.39 is 0 Å². The maximum absolute atomic E-state index is 4.46. The first-order valence-electron chi connectivity index (χ1n) is 7.76. The molecule has 20 heavy (non-hydrogen) atoms. The number of aryl methyl sites for hydroxylation is 1.